The van der Waals surface area contributed by atoms with Crippen LogP contribution in [0.2, 0.25) is 0 Å². The molecule has 84 valence electrons. The summed E-state index contributed by atoms with van der Waals surface area (Å²) in [6, 6.07) is 0. The van der Waals surface area contributed by atoms with Crippen molar-refractivity contribution in [1.29, 1.82) is 0 Å². The molecule has 0 saturated heterocycles. The number of ether oxygens (including phenoxy) is 1. The summed E-state index contributed by atoms with van der Waals surface area (Å²) in [6.45, 7) is 5.17. The van der Waals surface area contributed by atoms with Crippen molar-refractivity contribution in [2.45, 2.75) is 33.2 Å². The first-order valence-corrected chi connectivity index (χ1v) is 5.31. The van der Waals surface area contributed by atoms with Crippen molar-refractivity contribution in [2.75, 3.05) is 12.3 Å². The third kappa shape index (κ3) is 3.01. The summed E-state index contributed by atoms with van der Waals surface area (Å²) < 4.78 is 6.83. The van der Waals surface area contributed by atoms with E-state index in [-0.39, 0.29) is 5.97 Å². The topological polar surface area (TPSA) is 57.2 Å². The summed E-state index contributed by atoms with van der Waals surface area (Å²) in [4.78, 5) is 11.4. The lowest BCUT2D eigenvalue weighted by molar-refractivity contribution is 0.0527. The molecule has 0 atom stereocenters. The van der Waals surface area contributed by atoms with Crippen LogP contribution in [-0.2, 0) is 11.3 Å². The van der Waals surface area contributed by atoms with E-state index in [1.165, 1.54) is 0 Å². The van der Waals surface area contributed by atoms with Crippen LogP contribution < -0.4 is 5.73 Å². The molecule has 15 heavy (non-hydrogen) atoms. The number of rotatable bonds is 5. The van der Waals surface area contributed by atoms with Crippen LogP contribution >= 0.6 is 0 Å². The van der Waals surface area contributed by atoms with Crippen molar-refractivity contribution in [1.82, 2.24) is 4.57 Å². The molecule has 0 spiro atoms. The maximum absolute atomic E-state index is 11.4. The fourth-order valence-corrected chi connectivity index (χ4v) is 1.38. The predicted molar refractivity (Wildman–Crippen MR) is 59.7 cm³/mol. The highest BCUT2D eigenvalue weighted by Gasteiger charge is 2.12. The van der Waals surface area contributed by atoms with Crippen molar-refractivity contribution >= 4 is 11.7 Å². The SMILES string of the molecule is CCCCn1cc(N)c(C(=O)OCC)c1. The third-order valence-electron chi connectivity index (χ3n) is 2.18. The van der Waals surface area contributed by atoms with E-state index in [9.17, 15) is 4.79 Å². The highest BCUT2D eigenvalue weighted by Crippen LogP contribution is 2.15. The van der Waals surface area contributed by atoms with Crippen LogP contribution in [0.5, 0.6) is 0 Å². The molecule has 2 N–H and O–H groups in total. The number of hydrogen-bond acceptors (Lipinski definition) is 3. The van der Waals surface area contributed by atoms with Crippen molar-refractivity contribution < 1.29 is 9.53 Å². The number of carbonyl (C=O) groups excluding carboxylic acids is 1. The number of esters is 1. The molecule has 1 rings (SSSR count). The molecule has 0 aromatic carbocycles. The number of aryl methyl sites for hydroxylation is 1. The van der Waals surface area contributed by atoms with Gasteiger partial charge in [-0.3, -0.25) is 0 Å². The molecule has 0 saturated carbocycles. The molecular weight excluding hydrogens is 192 g/mol. The Morgan fingerprint density at radius 3 is 2.80 bits per heavy atom. The lowest BCUT2D eigenvalue weighted by Gasteiger charge is -2.00. The lowest BCUT2D eigenvalue weighted by atomic mass is 10.3. The molecular formula is C11H18N2O2. The van der Waals surface area contributed by atoms with Gasteiger partial charge in [0.2, 0.25) is 0 Å². The normalized spacial score (nSPS) is 10.3. The summed E-state index contributed by atoms with van der Waals surface area (Å²) in [5.74, 6) is -0.342. The fourth-order valence-electron chi connectivity index (χ4n) is 1.38. The van der Waals surface area contributed by atoms with E-state index in [1.807, 2.05) is 4.57 Å². The smallest absolute Gasteiger partial charge is 0.341 e. The van der Waals surface area contributed by atoms with Crippen LogP contribution in [0.4, 0.5) is 5.69 Å². The molecule has 0 aliphatic carbocycles. The quantitative estimate of drug-likeness (QED) is 0.757. The van der Waals surface area contributed by atoms with Gasteiger partial charge in [-0.25, -0.2) is 4.79 Å². The Balaban J connectivity index is 2.72. The number of nitrogens with two attached hydrogens (primary N) is 1. The van der Waals surface area contributed by atoms with Crippen LogP contribution in [-0.4, -0.2) is 17.1 Å². The van der Waals surface area contributed by atoms with Crippen LogP contribution in [0.15, 0.2) is 12.4 Å². The molecule has 0 radical (unpaired) electrons. The van der Waals surface area contributed by atoms with Gasteiger partial charge >= 0.3 is 5.97 Å². The van der Waals surface area contributed by atoms with Crippen molar-refractivity contribution in [3.05, 3.63) is 18.0 Å². The van der Waals surface area contributed by atoms with Crippen molar-refractivity contribution in [3.63, 3.8) is 0 Å². The summed E-state index contributed by atoms with van der Waals surface area (Å²) in [5.41, 5.74) is 6.68. The Morgan fingerprint density at radius 2 is 2.20 bits per heavy atom. The van der Waals surface area contributed by atoms with E-state index in [0.717, 1.165) is 19.4 Å². The monoisotopic (exact) mass is 210 g/mol. The maximum atomic E-state index is 11.4. The zero-order chi connectivity index (χ0) is 11.3. The van der Waals surface area contributed by atoms with Gasteiger partial charge < -0.3 is 15.0 Å². The molecule has 1 aromatic heterocycles. The first-order chi connectivity index (χ1) is 7.19. The Labute approximate surface area is 90.0 Å². The number of nitrogens with zero attached hydrogens (tertiary/aromatic N) is 1. The Hall–Kier alpha value is -1.45. The minimum Gasteiger partial charge on any atom is -0.462 e. The molecule has 0 aliphatic rings. The van der Waals surface area contributed by atoms with Gasteiger partial charge in [-0.2, -0.15) is 0 Å². The van der Waals surface area contributed by atoms with Gasteiger partial charge in [0.15, 0.2) is 0 Å². The van der Waals surface area contributed by atoms with Crippen molar-refractivity contribution in [2.24, 2.45) is 0 Å². The van der Waals surface area contributed by atoms with Gasteiger partial charge in [0, 0.05) is 18.9 Å². The van der Waals surface area contributed by atoms with Crippen molar-refractivity contribution in [3.8, 4) is 0 Å². The van der Waals surface area contributed by atoms with Gasteiger partial charge in [0.1, 0.15) is 5.56 Å². The lowest BCUT2D eigenvalue weighted by Crippen LogP contribution is -2.05. The Morgan fingerprint density at radius 1 is 1.47 bits per heavy atom. The number of unbranched alkanes of at least 4 members (excludes halogenated alkanes) is 1. The molecule has 0 aliphatic heterocycles. The summed E-state index contributed by atoms with van der Waals surface area (Å²) in [7, 11) is 0. The van der Waals surface area contributed by atoms with E-state index in [1.54, 1.807) is 19.3 Å². The molecule has 1 aromatic rings. The average molecular weight is 210 g/mol. The molecule has 4 heteroatoms. The number of anilines is 1. The fraction of sp³-hybridized carbons (Fsp3) is 0.545. The van der Waals surface area contributed by atoms with E-state index in [4.69, 9.17) is 10.5 Å². The van der Waals surface area contributed by atoms with E-state index >= 15 is 0 Å². The van der Waals surface area contributed by atoms with Gasteiger partial charge in [0.05, 0.1) is 12.3 Å². The second-order valence-electron chi connectivity index (χ2n) is 3.44. The Bertz CT molecular complexity index is 331. The molecule has 0 amide bonds. The van der Waals surface area contributed by atoms with Crippen LogP contribution in [0.3, 0.4) is 0 Å². The second kappa shape index (κ2) is 5.44. The van der Waals surface area contributed by atoms with E-state index in [0.29, 0.717) is 17.9 Å². The van der Waals surface area contributed by atoms with Gasteiger partial charge in [0.25, 0.3) is 0 Å². The van der Waals surface area contributed by atoms with E-state index in [2.05, 4.69) is 6.92 Å². The highest BCUT2D eigenvalue weighted by molar-refractivity contribution is 5.94. The minimum atomic E-state index is -0.342. The van der Waals surface area contributed by atoms with Gasteiger partial charge in [-0.1, -0.05) is 13.3 Å². The van der Waals surface area contributed by atoms with E-state index < -0.39 is 0 Å². The Kier molecular flexibility index (Phi) is 4.21. The van der Waals surface area contributed by atoms with Gasteiger partial charge in [-0.05, 0) is 13.3 Å². The minimum absolute atomic E-state index is 0.342. The van der Waals surface area contributed by atoms with Gasteiger partial charge in [-0.15, -0.1) is 0 Å². The molecule has 0 bridgehead atoms. The first kappa shape index (κ1) is 11.6. The summed E-state index contributed by atoms with van der Waals surface area (Å²) >= 11 is 0. The zero-order valence-corrected chi connectivity index (χ0v) is 9.32. The predicted octanol–water partition coefficient (Wildman–Crippen LogP) is 2.05. The summed E-state index contributed by atoms with van der Waals surface area (Å²) in [6.07, 6.45) is 5.73. The zero-order valence-electron chi connectivity index (χ0n) is 9.32. The third-order valence-corrected chi connectivity index (χ3v) is 2.18. The average Bonchev–Trinajstić information content (AvgIpc) is 2.57. The van der Waals surface area contributed by atoms with Crippen LogP contribution in [0.25, 0.3) is 0 Å². The molecule has 4 nitrogen and oxygen atoms in total. The highest BCUT2D eigenvalue weighted by atomic mass is 16.5. The summed E-state index contributed by atoms with van der Waals surface area (Å²) in [5, 5.41) is 0. The van der Waals surface area contributed by atoms with Crippen LogP contribution in [0, 0.1) is 0 Å². The van der Waals surface area contributed by atoms with Crippen LogP contribution in [0.1, 0.15) is 37.0 Å². The number of carbonyl (C=O) groups is 1. The number of hydrogen-bond donors (Lipinski definition) is 1. The first-order valence-electron chi connectivity index (χ1n) is 5.31. The molecule has 1 heterocycles. The second-order valence-corrected chi connectivity index (χ2v) is 3.44. The standard InChI is InChI=1S/C11H18N2O2/c1-3-5-6-13-7-9(10(12)8-13)11(14)15-4-2/h7-8H,3-6,12H2,1-2H3. The largest absolute Gasteiger partial charge is 0.462 e. The number of nitrogen functional groups attached to an aromatic ring is 1. The number of aromatic nitrogens is 1. The molecule has 0 unspecified atom stereocenters. The maximum Gasteiger partial charge on any atom is 0.341 e. The molecule has 0 fully saturated rings.